The van der Waals surface area contributed by atoms with Gasteiger partial charge in [0.05, 0.1) is 65.3 Å². The summed E-state index contributed by atoms with van der Waals surface area (Å²) in [5, 5.41) is 24.4. The fraction of sp³-hybridized carbons (Fsp3) is 0.327. The molecule has 2 atom stereocenters. The minimum Gasteiger partial charge on any atom is -0.484 e. The number of carbonyl (C=O) groups is 3. The maximum absolute atomic E-state index is 14.7. The van der Waals surface area contributed by atoms with E-state index in [1.54, 1.807) is 25.1 Å². The van der Waals surface area contributed by atoms with E-state index in [1.807, 2.05) is 0 Å². The number of hydrogen-bond donors (Lipinski definition) is 1. The number of sulfone groups is 1. The SMILES string of the molecule is CCc1c(OCC(F)(F)F)ccnc1CS(=O)c1nc2ccccc2n1S(=O)(=O)c1c(C)cc(OCC(=O)NC(CCC(=O)OCCS(=O)(=O)c2cccc([N+](=O)[O-])c2)C(=O)OCCCc2cccc([N+](=O)[O-])c2)cc1C. The molecule has 0 aliphatic rings. The van der Waals surface area contributed by atoms with Gasteiger partial charge in [0.2, 0.25) is 5.16 Å². The first-order valence-electron chi connectivity index (χ1n) is 23.2. The van der Waals surface area contributed by atoms with Crippen LogP contribution < -0.4 is 14.8 Å². The molecule has 0 bridgehead atoms. The van der Waals surface area contributed by atoms with E-state index < -0.39 is 126 Å². The number of nitrogens with zero attached hydrogens (tertiary/aromatic N) is 5. The number of non-ortho nitro benzene ring substituents is 2. The summed E-state index contributed by atoms with van der Waals surface area (Å²) in [5.41, 5.74) is 0.775. The van der Waals surface area contributed by atoms with Gasteiger partial charge in [-0.15, -0.1) is 0 Å². The largest absolute Gasteiger partial charge is 0.484 e. The lowest BCUT2D eigenvalue weighted by Gasteiger charge is -2.19. The molecule has 0 fully saturated rings. The Balaban J connectivity index is 1.15. The fourth-order valence-corrected chi connectivity index (χ4v) is 12.4. The molecule has 0 saturated carbocycles. The van der Waals surface area contributed by atoms with E-state index in [-0.39, 0.29) is 86.3 Å². The number of rotatable bonds is 26. The number of para-hydroxylation sites is 2. The summed E-state index contributed by atoms with van der Waals surface area (Å²) < 4.78 is 130. The second-order valence-corrected chi connectivity index (χ2v) is 22.1. The molecule has 0 saturated heterocycles. The Morgan fingerprint density at radius 1 is 0.857 bits per heavy atom. The van der Waals surface area contributed by atoms with Crippen LogP contribution >= 0.6 is 0 Å². The van der Waals surface area contributed by atoms with Crippen molar-refractivity contribution in [2.75, 3.05) is 32.2 Å². The van der Waals surface area contributed by atoms with Gasteiger partial charge in [-0.25, -0.2) is 30.6 Å². The molecule has 0 radical (unpaired) electrons. The van der Waals surface area contributed by atoms with Gasteiger partial charge < -0.3 is 24.3 Å². The topological polar surface area (TPSA) is 302 Å². The zero-order valence-electron chi connectivity index (χ0n) is 41.2. The van der Waals surface area contributed by atoms with Crippen LogP contribution in [0.4, 0.5) is 24.5 Å². The number of nitro groups is 2. The van der Waals surface area contributed by atoms with Crippen LogP contribution in [0.5, 0.6) is 11.5 Å². The molecule has 0 aliphatic heterocycles. The number of amides is 1. The van der Waals surface area contributed by atoms with Crippen molar-refractivity contribution < 1.29 is 77.4 Å². The Hall–Kier alpha value is -7.85. The summed E-state index contributed by atoms with van der Waals surface area (Å²) in [4.78, 5) is 68.6. The van der Waals surface area contributed by atoms with Crippen molar-refractivity contribution in [3.63, 3.8) is 0 Å². The third-order valence-corrected chi connectivity index (χ3v) is 16.4. The molecule has 410 valence electrons. The number of esters is 2. The third kappa shape index (κ3) is 15.4. The lowest BCUT2D eigenvalue weighted by molar-refractivity contribution is -0.385. The summed E-state index contributed by atoms with van der Waals surface area (Å²) in [6.45, 7) is 1.32. The first-order valence-corrected chi connectivity index (χ1v) is 27.6. The van der Waals surface area contributed by atoms with Gasteiger partial charge >= 0.3 is 18.1 Å². The molecule has 6 rings (SSSR count). The van der Waals surface area contributed by atoms with Crippen molar-refractivity contribution in [3.8, 4) is 11.5 Å². The van der Waals surface area contributed by atoms with Crippen molar-refractivity contribution in [2.45, 2.75) is 85.8 Å². The number of hydrogen-bond acceptors (Lipinski definition) is 18. The van der Waals surface area contributed by atoms with Crippen LogP contribution in [0.15, 0.2) is 112 Å². The minimum atomic E-state index is -4.66. The molecule has 6 aromatic rings. The number of ether oxygens (including phenoxy) is 4. The summed E-state index contributed by atoms with van der Waals surface area (Å²) >= 11 is 0. The van der Waals surface area contributed by atoms with E-state index in [9.17, 15) is 68.8 Å². The van der Waals surface area contributed by atoms with Crippen molar-refractivity contribution in [3.05, 3.63) is 145 Å². The number of alkyl halides is 3. The number of benzene rings is 4. The van der Waals surface area contributed by atoms with Gasteiger partial charge in [-0.05, 0) is 92.6 Å². The molecule has 2 aromatic heterocycles. The smallest absolute Gasteiger partial charge is 0.422 e. The van der Waals surface area contributed by atoms with Gasteiger partial charge in [-0.2, -0.15) is 13.2 Å². The number of aryl methyl sites for hydroxylation is 3. The highest BCUT2D eigenvalue weighted by atomic mass is 32.2. The molecular formula is C49H49F3N6O16S3. The van der Waals surface area contributed by atoms with Crippen LogP contribution in [-0.2, 0) is 73.1 Å². The van der Waals surface area contributed by atoms with Crippen molar-refractivity contribution in [1.82, 2.24) is 19.3 Å². The number of nitrogens with one attached hydrogen (secondary N) is 1. The van der Waals surface area contributed by atoms with Gasteiger partial charge in [0.1, 0.15) is 24.1 Å². The van der Waals surface area contributed by atoms with Crippen molar-refractivity contribution in [1.29, 1.82) is 0 Å². The van der Waals surface area contributed by atoms with E-state index in [4.69, 9.17) is 18.9 Å². The molecule has 1 amide bonds. The molecule has 2 unspecified atom stereocenters. The van der Waals surface area contributed by atoms with Gasteiger partial charge in [0.15, 0.2) is 23.1 Å². The molecule has 0 aliphatic carbocycles. The normalized spacial score (nSPS) is 12.6. The van der Waals surface area contributed by atoms with Gasteiger partial charge in [0, 0.05) is 42.4 Å². The number of fused-ring (bicyclic) bond motifs is 1. The standard InChI is InChI=1S/C49H49F3N6O16S3/c1-4-38-41(53-20-19-43(38)74-30-49(50,51)52)29-75(66)48-55-39-15-5-6-16-42(39)56(48)77(69,70)46-31(2)24-36(25-32(46)3)73-28-44(59)54-40(47(61)72-21-9-11-33-10-7-12-34(26-33)57(62)63)17-18-45(60)71-22-23-76(67,68)37-14-8-13-35(27-37)58(64)65/h5-8,10,12-16,19-20,24-27,40H,4,9,11,17-18,21-23,28-30H2,1-3H3,(H,54,59). The second-order valence-electron chi connectivity index (χ2n) is 17.0. The number of carbonyl (C=O) groups excluding carboxylic acids is 3. The molecule has 4 aromatic carbocycles. The lowest BCUT2D eigenvalue weighted by Crippen LogP contribution is -2.44. The Labute approximate surface area is 440 Å². The minimum absolute atomic E-state index is 0.00287. The predicted molar refractivity (Wildman–Crippen MR) is 269 cm³/mol. The quantitative estimate of drug-likeness (QED) is 0.0254. The second kappa shape index (κ2) is 25.3. The number of pyridine rings is 1. The molecule has 2 heterocycles. The van der Waals surface area contributed by atoms with Crippen LogP contribution in [0.25, 0.3) is 11.0 Å². The lowest BCUT2D eigenvalue weighted by atomic mass is 10.1. The third-order valence-electron chi connectivity index (χ3n) is 11.3. The average molecular weight is 1130 g/mol. The van der Waals surface area contributed by atoms with E-state index in [0.717, 1.165) is 22.2 Å². The van der Waals surface area contributed by atoms with Crippen LogP contribution in [0.2, 0.25) is 0 Å². The van der Waals surface area contributed by atoms with Crippen LogP contribution in [0.3, 0.4) is 0 Å². The summed E-state index contributed by atoms with van der Waals surface area (Å²) in [5.74, 6) is -4.16. The molecule has 28 heteroatoms. The van der Waals surface area contributed by atoms with Crippen molar-refractivity contribution >= 4 is 70.9 Å². The monoisotopic (exact) mass is 1130 g/mol. The highest BCUT2D eigenvalue weighted by Gasteiger charge is 2.33. The predicted octanol–water partition coefficient (Wildman–Crippen LogP) is 6.75. The summed E-state index contributed by atoms with van der Waals surface area (Å²) in [7, 11) is -11.1. The van der Waals surface area contributed by atoms with Gasteiger partial charge in [0.25, 0.3) is 27.3 Å². The fourth-order valence-electron chi connectivity index (χ4n) is 7.87. The summed E-state index contributed by atoms with van der Waals surface area (Å²) in [6.07, 6.45) is -3.78. The zero-order chi connectivity index (χ0) is 56.2. The van der Waals surface area contributed by atoms with Gasteiger partial charge in [-0.3, -0.25) is 39.0 Å². The highest BCUT2D eigenvalue weighted by molar-refractivity contribution is 7.91. The molecule has 77 heavy (non-hydrogen) atoms. The molecule has 1 N–H and O–H groups in total. The van der Waals surface area contributed by atoms with Gasteiger partial charge in [-0.1, -0.05) is 37.3 Å². The van der Waals surface area contributed by atoms with Crippen LogP contribution in [0.1, 0.15) is 54.1 Å². The Kier molecular flexibility index (Phi) is 19.2. The Morgan fingerprint density at radius 2 is 1.53 bits per heavy atom. The number of aromatic nitrogens is 3. The van der Waals surface area contributed by atoms with Crippen LogP contribution in [0, 0.1) is 34.1 Å². The summed E-state index contributed by atoms with van der Waals surface area (Å²) in [6, 6.07) is 18.6. The first kappa shape index (κ1) is 58.4. The highest BCUT2D eigenvalue weighted by Crippen LogP contribution is 2.33. The zero-order valence-corrected chi connectivity index (χ0v) is 43.7. The van der Waals surface area contributed by atoms with Crippen molar-refractivity contribution in [2.24, 2.45) is 0 Å². The number of halogens is 3. The molecule has 0 spiro atoms. The average Bonchev–Trinajstić information content (AvgIpc) is 3.86. The van der Waals surface area contributed by atoms with E-state index in [2.05, 4.69) is 15.3 Å². The Morgan fingerprint density at radius 3 is 2.21 bits per heavy atom. The number of imidazole rings is 1. The van der Waals surface area contributed by atoms with Crippen LogP contribution in [-0.4, -0.2) is 107 Å². The maximum atomic E-state index is 14.7. The molecular weight excluding hydrogens is 1080 g/mol. The number of nitro benzene ring substituents is 2. The van der Waals surface area contributed by atoms with E-state index in [0.29, 0.717) is 5.56 Å². The van der Waals surface area contributed by atoms with E-state index in [1.165, 1.54) is 74.6 Å². The molecule has 22 nitrogen and oxygen atoms in total. The Bertz CT molecular complexity index is 3440. The van der Waals surface area contributed by atoms with E-state index >= 15 is 0 Å². The maximum Gasteiger partial charge on any atom is 0.422 e. The first-order chi connectivity index (χ1) is 36.4.